The van der Waals surface area contributed by atoms with Gasteiger partial charge in [0.25, 0.3) is 0 Å². The van der Waals surface area contributed by atoms with Crippen molar-refractivity contribution in [3.05, 3.63) is 0 Å². The standard InChI is InChI=1S/C58H112O6/c1-52(2)44-38-32-26-20-14-8-7-9-17-23-29-35-41-47-56(59)62-50-55(64-58(61)49-43-37-31-25-19-13-11-16-22-28-34-40-46-54(5)6)51-63-57(60)48-42-36-30-24-18-12-10-15-21-27-33-39-45-53(3)4/h52-55H,7-51H2,1-6H3/t55-/m0/s1. The Labute approximate surface area is 399 Å². The number of carbonyl (C=O) groups excluding carboxylic acids is 3. The molecule has 6 heteroatoms. The zero-order valence-corrected chi connectivity index (χ0v) is 44.1. The third kappa shape index (κ3) is 51.4. The van der Waals surface area contributed by atoms with Gasteiger partial charge in [0.05, 0.1) is 0 Å². The first-order valence-corrected chi connectivity index (χ1v) is 28.6. The van der Waals surface area contributed by atoms with Gasteiger partial charge >= 0.3 is 17.9 Å². The molecule has 0 fully saturated rings. The molecule has 0 heterocycles. The maximum absolute atomic E-state index is 12.8. The lowest BCUT2D eigenvalue weighted by molar-refractivity contribution is -0.167. The van der Waals surface area contributed by atoms with E-state index in [0.717, 1.165) is 75.5 Å². The minimum absolute atomic E-state index is 0.0636. The molecular weight excluding hydrogens is 793 g/mol. The second kappa shape index (κ2) is 49.3. The molecule has 0 aromatic heterocycles. The van der Waals surface area contributed by atoms with Crippen LogP contribution in [0.3, 0.4) is 0 Å². The Morgan fingerprint density at radius 1 is 0.266 bits per heavy atom. The highest BCUT2D eigenvalue weighted by Crippen LogP contribution is 2.18. The van der Waals surface area contributed by atoms with Crippen molar-refractivity contribution in [3.63, 3.8) is 0 Å². The number of rotatable bonds is 51. The van der Waals surface area contributed by atoms with Crippen molar-refractivity contribution in [2.45, 2.75) is 324 Å². The molecule has 0 N–H and O–H groups in total. The summed E-state index contributed by atoms with van der Waals surface area (Å²) in [5.74, 6) is 1.66. The average Bonchev–Trinajstić information content (AvgIpc) is 3.25. The van der Waals surface area contributed by atoms with Crippen molar-refractivity contribution in [1.82, 2.24) is 0 Å². The first-order chi connectivity index (χ1) is 31.1. The molecule has 0 aliphatic rings. The highest BCUT2D eigenvalue weighted by molar-refractivity contribution is 5.71. The molecule has 0 saturated carbocycles. The number of hydrogen-bond donors (Lipinski definition) is 0. The van der Waals surface area contributed by atoms with Gasteiger partial charge in [0.2, 0.25) is 0 Å². The maximum Gasteiger partial charge on any atom is 0.306 e. The molecule has 0 amide bonds. The normalized spacial score (nSPS) is 12.1. The summed E-state index contributed by atoms with van der Waals surface area (Å²) in [5.41, 5.74) is 0. The molecule has 0 aliphatic heterocycles. The van der Waals surface area contributed by atoms with E-state index in [1.807, 2.05) is 0 Å². The van der Waals surface area contributed by atoms with Crippen LogP contribution in [0.5, 0.6) is 0 Å². The fraction of sp³-hybridized carbons (Fsp3) is 0.948. The topological polar surface area (TPSA) is 78.9 Å². The molecule has 380 valence electrons. The van der Waals surface area contributed by atoms with Gasteiger partial charge in [0, 0.05) is 19.3 Å². The number of hydrogen-bond acceptors (Lipinski definition) is 6. The van der Waals surface area contributed by atoms with E-state index in [1.165, 1.54) is 199 Å². The van der Waals surface area contributed by atoms with Crippen molar-refractivity contribution < 1.29 is 28.6 Å². The second-order valence-electron chi connectivity index (χ2n) is 21.4. The van der Waals surface area contributed by atoms with E-state index in [2.05, 4.69) is 41.5 Å². The van der Waals surface area contributed by atoms with Crippen LogP contribution in [0, 0.1) is 17.8 Å². The van der Waals surface area contributed by atoms with Crippen LogP contribution in [-0.4, -0.2) is 37.2 Å². The molecule has 0 saturated heterocycles. The minimum Gasteiger partial charge on any atom is -0.462 e. The van der Waals surface area contributed by atoms with Crippen molar-refractivity contribution in [3.8, 4) is 0 Å². The number of carbonyl (C=O) groups is 3. The van der Waals surface area contributed by atoms with Gasteiger partial charge < -0.3 is 14.2 Å². The predicted octanol–water partition coefficient (Wildman–Crippen LogP) is 18.7. The summed E-state index contributed by atoms with van der Waals surface area (Å²) < 4.78 is 16.9. The Balaban J connectivity index is 4.31. The van der Waals surface area contributed by atoms with E-state index in [1.54, 1.807) is 0 Å². The Morgan fingerprint density at radius 3 is 0.672 bits per heavy atom. The summed E-state index contributed by atoms with van der Waals surface area (Å²) in [4.78, 5) is 38.1. The fourth-order valence-electron chi connectivity index (χ4n) is 8.82. The number of unbranched alkanes of at least 4 members (excludes halogenated alkanes) is 34. The van der Waals surface area contributed by atoms with Gasteiger partial charge in [-0.3, -0.25) is 14.4 Å². The van der Waals surface area contributed by atoms with Gasteiger partial charge in [0.15, 0.2) is 6.10 Å². The van der Waals surface area contributed by atoms with E-state index in [-0.39, 0.29) is 31.1 Å². The van der Waals surface area contributed by atoms with Crippen LogP contribution in [0.15, 0.2) is 0 Å². The Bertz CT molecular complexity index is 991. The lowest BCUT2D eigenvalue weighted by Gasteiger charge is -2.18. The first kappa shape index (κ1) is 62.4. The summed E-state index contributed by atoms with van der Waals surface area (Å²) in [6.45, 7) is 13.8. The predicted molar refractivity (Wildman–Crippen MR) is 275 cm³/mol. The molecule has 6 nitrogen and oxygen atoms in total. The molecule has 0 aromatic rings. The van der Waals surface area contributed by atoms with Crippen molar-refractivity contribution in [1.29, 1.82) is 0 Å². The van der Waals surface area contributed by atoms with Crippen LogP contribution in [0.4, 0.5) is 0 Å². The van der Waals surface area contributed by atoms with Crippen LogP contribution >= 0.6 is 0 Å². The summed E-state index contributed by atoms with van der Waals surface area (Å²) in [7, 11) is 0. The van der Waals surface area contributed by atoms with Crippen molar-refractivity contribution in [2.75, 3.05) is 13.2 Å². The van der Waals surface area contributed by atoms with Gasteiger partial charge in [-0.2, -0.15) is 0 Å². The van der Waals surface area contributed by atoms with Crippen molar-refractivity contribution >= 4 is 17.9 Å². The summed E-state index contributed by atoms with van der Waals surface area (Å²) in [6.07, 6.45) is 50.9. The van der Waals surface area contributed by atoms with Crippen LogP contribution in [0.25, 0.3) is 0 Å². The Kier molecular flexibility index (Phi) is 48.1. The first-order valence-electron chi connectivity index (χ1n) is 28.6. The smallest absolute Gasteiger partial charge is 0.306 e. The molecule has 0 aliphatic carbocycles. The van der Waals surface area contributed by atoms with Crippen molar-refractivity contribution in [2.24, 2.45) is 17.8 Å². The van der Waals surface area contributed by atoms with Crippen LogP contribution in [0.2, 0.25) is 0 Å². The molecule has 0 bridgehead atoms. The molecule has 0 rings (SSSR count). The molecule has 0 radical (unpaired) electrons. The lowest BCUT2D eigenvalue weighted by atomic mass is 10.0. The average molecular weight is 906 g/mol. The van der Waals surface area contributed by atoms with Crippen LogP contribution in [-0.2, 0) is 28.6 Å². The summed E-state index contributed by atoms with van der Waals surface area (Å²) >= 11 is 0. The fourth-order valence-corrected chi connectivity index (χ4v) is 8.82. The van der Waals surface area contributed by atoms with Crippen LogP contribution < -0.4 is 0 Å². The molecule has 1 atom stereocenters. The van der Waals surface area contributed by atoms with Gasteiger partial charge in [-0.15, -0.1) is 0 Å². The SMILES string of the molecule is CC(C)CCCCCCCCCCCCCCCC(=O)OC[C@@H](COC(=O)CCCCCCCCCCCCCCC(C)C)OC(=O)CCCCCCCCCCCCCCC(C)C. The van der Waals surface area contributed by atoms with E-state index in [0.29, 0.717) is 19.3 Å². The zero-order chi connectivity index (χ0) is 47.0. The van der Waals surface area contributed by atoms with E-state index in [4.69, 9.17) is 14.2 Å². The second-order valence-corrected chi connectivity index (χ2v) is 21.4. The minimum atomic E-state index is -0.763. The molecular formula is C58H112O6. The molecule has 0 unspecified atom stereocenters. The number of ether oxygens (including phenoxy) is 3. The third-order valence-electron chi connectivity index (χ3n) is 13.1. The lowest BCUT2D eigenvalue weighted by Crippen LogP contribution is -2.30. The maximum atomic E-state index is 12.8. The van der Waals surface area contributed by atoms with Gasteiger partial charge in [-0.25, -0.2) is 0 Å². The Hall–Kier alpha value is -1.59. The number of esters is 3. The summed E-state index contributed by atoms with van der Waals surface area (Å²) in [5, 5.41) is 0. The molecule has 64 heavy (non-hydrogen) atoms. The Morgan fingerprint density at radius 2 is 0.453 bits per heavy atom. The molecule has 0 aromatic carbocycles. The highest BCUT2D eigenvalue weighted by Gasteiger charge is 2.19. The van der Waals surface area contributed by atoms with Crippen LogP contribution in [0.1, 0.15) is 318 Å². The van der Waals surface area contributed by atoms with Gasteiger partial charge in [0.1, 0.15) is 13.2 Å². The zero-order valence-electron chi connectivity index (χ0n) is 44.1. The monoisotopic (exact) mass is 905 g/mol. The summed E-state index contributed by atoms with van der Waals surface area (Å²) in [6, 6.07) is 0. The van der Waals surface area contributed by atoms with Gasteiger partial charge in [-0.1, -0.05) is 279 Å². The van der Waals surface area contributed by atoms with E-state index >= 15 is 0 Å². The largest absolute Gasteiger partial charge is 0.462 e. The highest BCUT2D eigenvalue weighted by atomic mass is 16.6. The van der Waals surface area contributed by atoms with E-state index in [9.17, 15) is 14.4 Å². The van der Waals surface area contributed by atoms with E-state index < -0.39 is 6.10 Å². The molecule has 0 spiro atoms. The third-order valence-corrected chi connectivity index (χ3v) is 13.1. The quantitative estimate of drug-likeness (QED) is 0.0344. The van der Waals surface area contributed by atoms with Gasteiger partial charge in [-0.05, 0) is 37.0 Å².